The van der Waals surface area contributed by atoms with Crippen molar-refractivity contribution in [2.45, 2.75) is 23.7 Å². The maximum atomic E-state index is 10.2. The molecule has 136 valence electrons. The second-order valence-electron chi connectivity index (χ2n) is 5.41. The number of hydrazine groups is 1. The molecule has 0 bridgehead atoms. The predicted molar refractivity (Wildman–Crippen MR) is 90.7 cm³/mol. The predicted octanol–water partition coefficient (Wildman–Crippen LogP) is -0.534. The number of amidine groups is 1. The van der Waals surface area contributed by atoms with Crippen molar-refractivity contribution in [2.75, 3.05) is 13.7 Å². The Kier molecular flexibility index (Phi) is 5.35. The molecule has 2 aliphatic heterocycles. The lowest BCUT2D eigenvalue weighted by Gasteiger charge is -2.30. The fourth-order valence-electron chi connectivity index (χ4n) is 2.35. The molecule has 10 heteroatoms. The summed E-state index contributed by atoms with van der Waals surface area (Å²) in [5.74, 6) is 1.13. The number of ether oxygens (including phenoxy) is 2. The molecule has 4 atom stereocenters. The van der Waals surface area contributed by atoms with E-state index in [0.717, 1.165) is 0 Å². The summed E-state index contributed by atoms with van der Waals surface area (Å²) in [4.78, 5) is 4.31. The maximum absolute atomic E-state index is 10.2. The number of fused-ring (bicyclic) bond motifs is 1. The molecule has 1 unspecified atom stereocenters. The number of methoxy groups -OCH3 is 1. The molecule has 9 nitrogen and oxygen atoms in total. The molecule has 3 rings (SSSR count). The zero-order chi connectivity index (χ0) is 18.0. The van der Waals surface area contributed by atoms with Gasteiger partial charge in [0, 0.05) is 5.41 Å². The molecule has 5 N–H and O–H groups in total. The lowest BCUT2D eigenvalue weighted by atomic mass is 10.1. The van der Waals surface area contributed by atoms with Crippen LogP contribution in [0.3, 0.4) is 0 Å². The Morgan fingerprint density at radius 1 is 1.32 bits per heavy atom. The first-order valence-corrected chi connectivity index (χ1v) is 8.45. The van der Waals surface area contributed by atoms with Crippen molar-refractivity contribution < 1.29 is 29.9 Å². The van der Waals surface area contributed by atoms with Gasteiger partial charge in [-0.1, -0.05) is 11.8 Å². The standard InChI is InChI=1S/C15H19N3O6S/c1-23-9-4-2-8(3-5-9)16-15-17-18-11(24-15)7-25-14(18)13(22)12(21)10(20)6-19/h2-5,7,10,12-14,19-22H,6H2,1H3,(H,16,17)/t10-,12+,13-,14?/m1/s1. The minimum absolute atomic E-state index is 0.214. The first kappa shape index (κ1) is 17.8. The third kappa shape index (κ3) is 3.67. The van der Waals surface area contributed by atoms with Crippen LogP contribution in [-0.4, -0.2) is 68.9 Å². The number of aliphatic hydroxyl groups is 4. The highest BCUT2D eigenvalue weighted by Gasteiger charge is 2.43. The van der Waals surface area contributed by atoms with Gasteiger partial charge in [-0.3, -0.25) is 0 Å². The molecule has 25 heavy (non-hydrogen) atoms. The summed E-state index contributed by atoms with van der Waals surface area (Å²) < 4.78 is 10.6. The summed E-state index contributed by atoms with van der Waals surface area (Å²) in [6.07, 6.45) is -4.26. The highest BCUT2D eigenvalue weighted by atomic mass is 32.2. The summed E-state index contributed by atoms with van der Waals surface area (Å²) in [6, 6.07) is 7.27. The van der Waals surface area contributed by atoms with Crippen LogP contribution in [0, 0.1) is 0 Å². The van der Waals surface area contributed by atoms with E-state index in [2.05, 4.69) is 10.4 Å². The van der Waals surface area contributed by atoms with Crippen molar-refractivity contribution in [3.63, 3.8) is 0 Å². The summed E-state index contributed by atoms with van der Waals surface area (Å²) in [6.45, 7) is -0.649. The molecule has 1 saturated heterocycles. The van der Waals surface area contributed by atoms with Gasteiger partial charge in [0.25, 0.3) is 0 Å². The van der Waals surface area contributed by atoms with Crippen molar-refractivity contribution in [3.05, 3.63) is 35.6 Å². The fourth-order valence-corrected chi connectivity index (χ4v) is 3.36. The Labute approximate surface area is 148 Å². The van der Waals surface area contributed by atoms with Crippen LogP contribution in [0.5, 0.6) is 5.75 Å². The maximum Gasteiger partial charge on any atom is 0.316 e. The van der Waals surface area contributed by atoms with Crippen LogP contribution >= 0.6 is 11.8 Å². The van der Waals surface area contributed by atoms with Crippen LogP contribution in [0.4, 0.5) is 5.69 Å². The minimum Gasteiger partial charge on any atom is -0.497 e. The largest absolute Gasteiger partial charge is 0.497 e. The van der Waals surface area contributed by atoms with Gasteiger partial charge in [0.2, 0.25) is 5.88 Å². The van der Waals surface area contributed by atoms with E-state index in [4.69, 9.17) is 14.6 Å². The molecule has 0 radical (unpaired) electrons. The van der Waals surface area contributed by atoms with Crippen molar-refractivity contribution >= 4 is 23.5 Å². The van der Waals surface area contributed by atoms with Gasteiger partial charge in [-0.15, -0.1) is 0 Å². The number of nitrogens with zero attached hydrogens (tertiary/aromatic N) is 2. The molecule has 0 amide bonds. The van der Waals surface area contributed by atoms with Crippen LogP contribution in [0.1, 0.15) is 0 Å². The van der Waals surface area contributed by atoms with Crippen LogP contribution in [0.25, 0.3) is 0 Å². The number of hydrogen-bond acceptors (Lipinski definition) is 9. The van der Waals surface area contributed by atoms with Crippen molar-refractivity contribution in [1.29, 1.82) is 0 Å². The van der Waals surface area contributed by atoms with E-state index in [0.29, 0.717) is 17.3 Å². The number of benzene rings is 1. The smallest absolute Gasteiger partial charge is 0.316 e. The van der Waals surface area contributed by atoms with Gasteiger partial charge >= 0.3 is 6.02 Å². The third-order valence-corrected chi connectivity index (χ3v) is 4.85. The van der Waals surface area contributed by atoms with Gasteiger partial charge in [0.15, 0.2) is 0 Å². The van der Waals surface area contributed by atoms with Gasteiger partial charge in [-0.05, 0) is 24.3 Å². The van der Waals surface area contributed by atoms with Gasteiger partial charge in [0.1, 0.15) is 29.4 Å². The second kappa shape index (κ2) is 7.50. The van der Waals surface area contributed by atoms with Crippen LogP contribution in [0.15, 0.2) is 40.5 Å². The monoisotopic (exact) mass is 369 g/mol. The molecule has 1 aromatic carbocycles. The van der Waals surface area contributed by atoms with Crippen molar-refractivity contribution in [2.24, 2.45) is 4.99 Å². The lowest BCUT2D eigenvalue weighted by Crippen LogP contribution is -2.51. The number of thioether (sulfide) groups is 1. The number of rotatable bonds is 6. The number of nitrogens with one attached hydrogen (secondary N) is 1. The van der Waals surface area contributed by atoms with Crippen LogP contribution in [-0.2, 0) is 4.74 Å². The number of aliphatic hydroxyl groups excluding tert-OH is 4. The normalized spacial score (nSPS) is 24.2. The third-order valence-electron chi connectivity index (χ3n) is 3.74. The molecule has 2 heterocycles. The van der Waals surface area contributed by atoms with E-state index in [1.54, 1.807) is 36.8 Å². The number of hydrogen-bond donors (Lipinski definition) is 5. The molecule has 0 aromatic heterocycles. The van der Waals surface area contributed by atoms with Crippen molar-refractivity contribution in [3.8, 4) is 5.75 Å². The van der Waals surface area contributed by atoms with E-state index in [1.165, 1.54) is 16.8 Å². The number of aliphatic imine (C=N–C) groups is 1. The van der Waals surface area contributed by atoms with E-state index in [9.17, 15) is 15.3 Å². The molecule has 1 aromatic rings. The van der Waals surface area contributed by atoms with Crippen LogP contribution in [0.2, 0.25) is 0 Å². The van der Waals surface area contributed by atoms with Crippen LogP contribution < -0.4 is 10.2 Å². The molecule has 0 saturated carbocycles. The summed E-state index contributed by atoms with van der Waals surface area (Å²) in [5, 5.41) is 41.0. The van der Waals surface area contributed by atoms with E-state index < -0.39 is 30.3 Å². The van der Waals surface area contributed by atoms with Gasteiger partial charge < -0.3 is 29.9 Å². The first-order chi connectivity index (χ1) is 12.0. The first-order valence-electron chi connectivity index (χ1n) is 7.50. The summed E-state index contributed by atoms with van der Waals surface area (Å²) >= 11 is 1.21. The Bertz CT molecular complexity index is 668. The zero-order valence-corrected chi connectivity index (χ0v) is 14.1. The average Bonchev–Trinajstić information content (AvgIpc) is 3.20. The minimum atomic E-state index is -1.50. The van der Waals surface area contributed by atoms with Crippen molar-refractivity contribution in [1.82, 2.24) is 10.4 Å². The quantitative estimate of drug-likeness (QED) is 0.449. The Hall–Kier alpha value is -1.98. The topological polar surface area (TPSA) is 127 Å². The van der Waals surface area contributed by atoms with E-state index >= 15 is 0 Å². The summed E-state index contributed by atoms with van der Waals surface area (Å²) in [7, 11) is 1.58. The van der Waals surface area contributed by atoms with E-state index in [-0.39, 0.29) is 6.02 Å². The molecule has 2 aliphatic rings. The summed E-state index contributed by atoms with van der Waals surface area (Å²) in [5.41, 5.74) is 3.54. The average molecular weight is 369 g/mol. The fraction of sp³-hybridized carbons (Fsp3) is 0.400. The Morgan fingerprint density at radius 2 is 2.04 bits per heavy atom. The highest BCUT2D eigenvalue weighted by Crippen LogP contribution is 2.36. The molecular formula is C15H19N3O6S. The highest BCUT2D eigenvalue weighted by molar-refractivity contribution is 8.03. The van der Waals surface area contributed by atoms with E-state index in [1.807, 2.05) is 0 Å². The second-order valence-corrected chi connectivity index (χ2v) is 6.40. The Morgan fingerprint density at radius 3 is 2.68 bits per heavy atom. The lowest BCUT2D eigenvalue weighted by molar-refractivity contribution is -0.0883. The van der Waals surface area contributed by atoms with Gasteiger partial charge in [0.05, 0.1) is 19.4 Å². The molecular weight excluding hydrogens is 350 g/mol. The molecule has 1 fully saturated rings. The Balaban J connectivity index is 1.69. The molecule has 0 aliphatic carbocycles. The zero-order valence-electron chi connectivity index (χ0n) is 13.3. The van der Waals surface area contributed by atoms with Gasteiger partial charge in [-0.2, -0.15) is 4.99 Å². The molecule has 0 spiro atoms. The van der Waals surface area contributed by atoms with Gasteiger partial charge in [-0.25, -0.2) is 10.4 Å². The SMILES string of the molecule is COc1ccc(N=C2NN3C(=CSC3[C@H](O)[C@@H](O)[C@H](O)CO)O2)cc1.